The van der Waals surface area contributed by atoms with E-state index >= 15 is 0 Å². The fraction of sp³-hybridized carbons (Fsp3) is 0.238. The lowest BCUT2D eigenvalue weighted by Gasteiger charge is -2.15. The molecule has 27 heavy (non-hydrogen) atoms. The van der Waals surface area contributed by atoms with Gasteiger partial charge >= 0.3 is 6.03 Å². The molecule has 0 aliphatic rings. The van der Waals surface area contributed by atoms with E-state index < -0.39 is 0 Å². The van der Waals surface area contributed by atoms with Crippen LogP contribution in [0.2, 0.25) is 5.02 Å². The van der Waals surface area contributed by atoms with Crippen LogP contribution in [-0.2, 0) is 6.54 Å². The van der Waals surface area contributed by atoms with E-state index in [-0.39, 0.29) is 11.6 Å². The van der Waals surface area contributed by atoms with Gasteiger partial charge in [0.15, 0.2) is 0 Å². The number of nitrogens with zero attached hydrogens (tertiary/aromatic N) is 1. The van der Waals surface area contributed by atoms with Gasteiger partial charge in [0.1, 0.15) is 0 Å². The summed E-state index contributed by atoms with van der Waals surface area (Å²) in [4.78, 5) is 25.2. The van der Waals surface area contributed by atoms with Gasteiger partial charge in [-0.3, -0.25) is 4.79 Å². The minimum absolute atomic E-state index is 0.0567. The van der Waals surface area contributed by atoms with Crippen LogP contribution in [0, 0.1) is 12.8 Å². The minimum Gasteiger partial charge on any atom is -0.313 e. The van der Waals surface area contributed by atoms with Gasteiger partial charge in [0.05, 0.1) is 5.69 Å². The van der Waals surface area contributed by atoms with Crippen molar-refractivity contribution in [3.05, 3.63) is 69.6 Å². The first-order valence-corrected chi connectivity index (χ1v) is 9.19. The molecule has 1 aromatic heterocycles. The molecule has 2 amide bonds. The number of amides is 2. The van der Waals surface area contributed by atoms with Crippen LogP contribution in [0.4, 0.5) is 16.2 Å². The quantitative estimate of drug-likeness (QED) is 0.645. The molecule has 6 heteroatoms. The lowest BCUT2D eigenvalue weighted by Crippen LogP contribution is -2.25. The normalized spacial score (nSPS) is 11.0. The van der Waals surface area contributed by atoms with Crippen LogP contribution >= 0.6 is 11.6 Å². The number of carbonyl (C=O) groups is 1. The van der Waals surface area contributed by atoms with Crippen molar-refractivity contribution in [2.24, 2.45) is 5.92 Å². The molecule has 0 spiro atoms. The van der Waals surface area contributed by atoms with Gasteiger partial charge < -0.3 is 15.2 Å². The van der Waals surface area contributed by atoms with Gasteiger partial charge in [-0.1, -0.05) is 43.6 Å². The molecule has 140 valence electrons. The summed E-state index contributed by atoms with van der Waals surface area (Å²) in [6.07, 6.45) is 1.71. The van der Waals surface area contributed by atoms with Crippen LogP contribution in [0.5, 0.6) is 0 Å². The predicted octanol–water partition coefficient (Wildman–Crippen LogP) is 5.26. The van der Waals surface area contributed by atoms with Gasteiger partial charge in [0.25, 0.3) is 5.56 Å². The van der Waals surface area contributed by atoms with Crippen LogP contribution < -0.4 is 16.2 Å². The van der Waals surface area contributed by atoms with E-state index in [0.717, 1.165) is 5.56 Å². The monoisotopic (exact) mass is 383 g/mol. The maximum atomic E-state index is 12.7. The van der Waals surface area contributed by atoms with Gasteiger partial charge in [-0.2, -0.15) is 0 Å². The Balaban J connectivity index is 1.94. The van der Waals surface area contributed by atoms with Gasteiger partial charge in [0, 0.05) is 34.2 Å². The second-order valence-electron chi connectivity index (χ2n) is 6.98. The van der Waals surface area contributed by atoms with Crippen molar-refractivity contribution in [3.63, 3.8) is 0 Å². The number of urea groups is 1. The molecular weight excluding hydrogens is 362 g/mol. The number of carbonyl (C=O) groups excluding carboxylic acids is 1. The molecule has 0 atom stereocenters. The summed E-state index contributed by atoms with van der Waals surface area (Å²) >= 11 is 5.96. The van der Waals surface area contributed by atoms with Crippen molar-refractivity contribution in [1.29, 1.82) is 0 Å². The molecule has 3 aromatic rings. The number of pyridine rings is 1. The Morgan fingerprint density at radius 2 is 1.74 bits per heavy atom. The van der Waals surface area contributed by atoms with Gasteiger partial charge in [-0.15, -0.1) is 0 Å². The number of anilines is 2. The maximum Gasteiger partial charge on any atom is 0.323 e. The average molecular weight is 384 g/mol. The number of nitrogens with one attached hydrogen (secondary N) is 2. The number of rotatable bonds is 4. The van der Waals surface area contributed by atoms with Crippen LogP contribution in [0.3, 0.4) is 0 Å². The van der Waals surface area contributed by atoms with E-state index in [1.807, 2.05) is 39.0 Å². The number of aromatic nitrogens is 1. The SMILES string of the molecule is Cc1cc(Cl)ccc1NC(=O)Nc1cn(CC(C)C)c(=O)c2ccccc12. The molecule has 0 aliphatic heterocycles. The van der Waals surface area contributed by atoms with Gasteiger partial charge in [-0.25, -0.2) is 4.79 Å². The van der Waals surface area contributed by atoms with Crippen molar-refractivity contribution in [2.75, 3.05) is 10.6 Å². The summed E-state index contributed by atoms with van der Waals surface area (Å²) in [6, 6.07) is 12.2. The Bertz CT molecular complexity index is 1060. The molecule has 0 saturated heterocycles. The van der Waals surface area contributed by atoms with Crippen LogP contribution in [0.1, 0.15) is 19.4 Å². The largest absolute Gasteiger partial charge is 0.323 e. The molecule has 0 bridgehead atoms. The Kier molecular flexibility index (Phi) is 5.51. The van der Waals surface area contributed by atoms with E-state index in [1.54, 1.807) is 35.0 Å². The summed E-state index contributed by atoms with van der Waals surface area (Å²) in [6.45, 7) is 6.55. The number of benzene rings is 2. The molecule has 2 N–H and O–H groups in total. The lowest BCUT2D eigenvalue weighted by atomic mass is 10.1. The van der Waals surface area contributed by atoms with E-state index in [0.29, 0.717) is 39.6 Å². The molecule has 0 fully saturated rings. The Hall–Kier alpha value is -2.79. The molecule has 0 unspecified atom stereocenters. The number of aryl methyl sites for hydroxylation is 1. The molecule has 0 saturated carbocycles. The second kappa shape index (κ2) is 7.84. The Labute approximate surface area is 163 Å². The van der Waals surface area contributed by atoms with Gasteiger partial charge in [-0.05, 0) is 42.7 Å². The summed E-state index contributed by atoms with van der Waals surface area (Å²) < 4.78 is 1.65. The summed E-state index contributed by atoms with van der Waals surface area (Å²) in [7, 11) is 0. The molecule has 5 nitrogen and oxygen atoms in total. The first-order chi connectivity index (χ1) is 12.8. The van der Waals surface area contributed by atoms with Crippen LogP contribution in [-0.4, -0.2) is 10.6 Å². The standard InChI is InChI=1S/C21H22ClN3O2/c1-13(2)11-25-12-19(16-6-4-5-7-17(16)20(25)26)24-21(27)23-18-9-8-15(22)10-14(18)3/h4-10,12-13H,11H2,1-3H3,(H2,23,24,27). The Morgan fingerprint density at radius 3 is 2.41 bits per heavy atom. The smallest absolute Gasteiger partial charge is 0.313 e. The zero-order valence-electron chi connectivity index (χ0n) is 15.5. The predicted molar refractivity (Wildman–Crippen MR) is 112 cm³/mol. The van der Waals surface area contributed by atoms with Crippen molar-refractivity contribution < 1.29 is 4.79 Å². The third kappa shape index (κ3) is 4.31. The zero-order valence-corrected chi connectivity index (χ0v) is 16.3. The third-order valence-corrected chi connectivity index (χ3v) is 4.48. The molecular formula is C21H22ClN3O2. The number of hydrogen-bond donors (Lipinski definition) is 2. The minimum atomic E-state index is -0.375. The highest BCUT2D eigenvalue weighted by Crippen LogP contribution is 2.23. The fourth-order valence-corrected chi connectivity index (χ4v) is 3.24. The summed E-state index contributed by atoms with van der Waals surface area (Å²) in [5.74, 6) is 0.308. The molecule has 2 aromatic carbocycles. The highest BCUT2D eigenvalue weighted by atomic mass is 35.5. The fourth-order valence-electron chi connectivity index (χ4n) is 3.02. The second-order valence-corrected chi connectivity index (χ2v) is 7.41. The molecule has 0 radical (unpaired) electrons. The van der Waals surface area contributed by atoms with Gasteiger partial charge in [0.2, 0.25) is 0 Å². The third-order valence-electron chi connectivity index (χ3n) is 4.24. The topological polar surface area (TPSA) is 63.1 Å². The van der Waals surface area contributed by atoms with Crippen molar-refractivity contribution in [1.82, 2.24) is 4.57 Å². The zero-order chi connectivity index (χ0) is 19.6. The average Bonchev–Trinajstić information content (AvgIpc) is 2.61. The van der Waals surface area contributed by atoms with Crippen molar-refractivity contribution in [2.45, 2.75) is 27.3 Å². The van der Waals surface area contributed by atoms with E-state index in [1.165, 1.54) is 0 Å². The highest BCUT2D eigenvalue weighted by Gasteiger charge is 2.12. The maximum absolute atomic E-state index is 12.7. The first kappa shape index (κ1) is 19.0. The van der Waals surface area contributed by atoms with Crippen molar-refractivity contribution in [3.8, 4) is 0 Å². The Morgan fingerprint density at radius 1 is 1.07 bits per heavy atom. The molecule has 1 heterocycles. The summed E-state index contributed by atoms with van der Waals surface area (Å²) in [5.41, 5.74) is 2.08. The van der Waals surface area contributed by atoms with Crippen LogP contribution in [0.15, 0.2) is 53.5 Å². The van der Waals surface area contributed by atoms with E-state index in [9.17, 15) is 9.59 Å². The highest BCUT2D eigenvalue weighted by molar-refractivity contribution is 6.30. The summed E-state index contributed by atoms with van der Waals surface area (Å²) in [5, 5.41) is 7.61. The number of fused-ring (bicyclic) bond motifs is 1. The first-order valence-electron chi connectivity index (χ1n) is 8.81. The van der Waals surface area contributed by atoms with E-state index in [4.69, 9.17) is 11.6 Å². The van der Waals surface area contributed by atoms with Crippen LogP contribution in [0.25, 0.3) is 10.8 Å². The lowest BCUT2D eigenvalue weighted by molar-refractivity contribution is 0.262. The number of halogens is 1. The van der Waals surface area contributed by atoms with E-state index in [2.05, 4.69) is 10.6 Å². The molecule has 0 aliphatic carbocycles. The number of hydrogen-bond acceptors (Lipinski definition) is 2. The molecule has 3 rings (SSSR count). The van der Waals surface area contributed by atoms with Crippen molar-refractivity contribution >= 4 is 39.8 Å².